The van der Waals surface area contributed by atoms with Crippen LogP contribution in [-0.2, 0) is 10.4 Å². The number of rotatable bonds is 2. The molecule has 136 valence electrons. The Labute approximate surface area is 157 Å². The van der Waals surface area contributed by atoms with Gasteiger partial charge in [-0.05, 0) is 48.7 Å². The zero-order valence-electron chi connectivity index (χ0n) is 13.5. The lowest BCUT2D eigenvalue weighted by Gasteiger charge is -2.32. The van der Waals surface area contributed by atoms with Crippen molar-refractivity contribution in [2.24, 2.45) is 0 Å². The van der Waals surface area contributed by atoms with Gasteiger partial charge in [0.2, 0.25) is 0 Å². The average molecular weight is 404 g/mol. The van der Waals surface area contributed by atoms with Crippen LogP contribution in [0.4, 0.5) is 0 Å². The summed E-state index contributed by atoms with van der Waals surface area (Å²) >= 11 is 12.2. The molecule has 0 aliphatic heterocycles. The zero-order chi connectivity index (χ0) is 18.6. The molecule has 0 spiro atoms. The highest BCUT2D eigenvalue weighted by Gasteiger charge is 2.27. The van der Waals surface area contributed by atoms with E-state index in [2.05, 4.69) is 35.6 Å². The summed E-state index contributed by atoms with van der Waals surface area (Å²) in [4.78, 5) is 0. The maximum absolute atomic E-state index is 8.74. The van der Waals surface area contributed by atoms with Gasteiger partial charge in [0.1, 0.15) is 0 Å². The van der Waals surface area contributed by atoms with Crippen LogP contribution in [0.15, 0.2) is 42.5 Å². The first-order valence-electron chi connectivity index (χ1n) is 7.61. The number of nitrogens with one attached hydrogen (secondary N) is 1. The summed E-state index contributed by atoms with van der Waals surface area (Å²) < 4.78 is 31.6. The first kappa shape index (κ1) is 20.2. The van der Waals surface area contributed by atoms with Crippen molar-refractivity contribution in [3.05, 3.63) is 69.2 Å². The topological polar surface area (TPSA) is 86.6 Å². The summed E-state index contributed by atoms with van der Waals surface area (Å²) in [6.07, 6.45) is 2.26. The van der Waals surface area contributed by atoms with Crippen molar-refractivity contribution in [3.63, 3.8) is 0 Å². The average Bonchev–Trinajstić information content (AvgIpc) is 2.55. The highest BCUT2D eigenvalue weighted by atomic mass is 35.5. The highest BCUT2D eigenvalue weighted by molar-refractivity contribution is 7.79. The number of hydrogen-bond donors (Lipinski definition) is 3. The highest BCUT2D eigenvalue weighted by Crippen LogP contribution is 2.42. The third-order valence-electron chi connectivity index (χ3n) is 4.19. The summed E-state index contributed by atoms with van der Waals surface area (Å²) in [6.45, 7) is 0. The minimum absolute atomic E-state index is 0.408. The Morgan fingerprint density at radius 1 is 1.00 bits per heavy atom. The Balaban J connectivity index is 0.000000399. The normalized spacial score (nSPS) is 19.6. The SMILES string of the molecule is CN[C@H]1CC[C@@H](c2ccc(Cl)c(Cl)c2)c2ccccc21.O=S(=O)(O)O. The minimum atomic E-state index is -4.67. The Morgan fingerprint density at radius 2 is 1.60 bits per heavy atom. The Kier molecular flexibility index (Phi) is 6.85. The molecule has 1 aliphatic carbocycles. The van der Waals surface area contributed by atoms with Crippen LogP contribution in [0.1, 0.15) is 41.5 Å². The number of halogens is 2. The Morgan fingerprint density at radius 3 is 2.16 bits per heavy atom. The van der Waals surface area contributed by atoms with Crippen molar-refractivity contribution in [1.82, 2.24) is 5.32 Å². The molecule has 0 saturated carbocycles. The number of hydrogen-bond acceptors (Lipinski definition) is 3. The van der Waals surface area contributed by atoms with Crippen molar-refractivity contribution < 1.29 is 17.5 Å². The predicted molar refractivity (Wildman–Crippen MR) is 100.0 cm³/mol. The fourth-order valence-corrected chi connectivity index (χ4v) is 3.47. The van der Waals surface area contributed by atoms with Gasteiger partial charge in [0.05, 0.1) is 10.0 Å². The lowest BCUT2D eigenvalue weighted by molar-refractivity contribution is 0.381. The van der Waals surface area contributed by atoms with Crippen LogP contribution in [-0.4, -0.2) is 24.6 Å². The molecule has 0 fully saturated rings. The molecule has 2 atom stereocenters. The van der Waals surface area contributed by atoms with Crippen LogP contribution in [0.3, 0.4) is 0 Å². The molecule has 8 heteroatoms. The molecule has 25 heavy (non-hydrogen) atoms. The fourth-order valence-electron chi connectivity index (χ4n) is 3.17. The van der Waals surface area contributed by atoms with E-state index in [0.29, 0.717) is 22.0 Å². The van der Waals surface area contributed by atoms with E-state index in [4.69, 9.17) is 40.7 Å². The van der Waals surface area contributed by atoms with E-state index in [-0.39, 0.29) is 0 Å². The van der Waals surface area contributed by atoms with Crippen molar-refractivity contribution in [2.45, 2.75) is 24.8 Å². The van der Waals surface area contributed by atoms with Crippen LogP contribution in [0.25, 0.3) is 0 Å². The lowest BCUT2D eigenvalue weighted by atomic mass is 9.77. The molecule has 0 amide bonds. The van der Waals surface area contributed by atoms with Crippen LogP contribution < -0.4 is 5.32 Å². The summed E-state index contributed by atoms with van der Waals surface area (Å²) in [6, 6.07) is 15.1. The van der Waals surface area contributed by atoms with E-state index in [9.17, 15) is 0 Å². The maximum Gasteiger partial charge on any atom is 0.394 e. The van der Waals surface area contributed by atoms with Gasteiger partial charge in [-0.1, -0.05) is 53.5 Å². The van der Waals surface area contributed by atoms with E-state index < -0.39 is 10.4 Å². The zero-order valence-corrected chi connectivity index (χ0v) is 15.8. The van der Waals surface area contributed by atoms with E-state index >= 15 is 0 Å². The third-order valence-corrected chi connectivity index (χ3v) is 4.92. The van der Waals surface area contributed by atoms with E-state index in [0.717, 1.165) is 12.8 Å². The first-order valence-corrected chi connectivity index (χ1v) is 9.77. The van der Waals surface area contributed by atoms with E-state index in [1.165, 1.54) is 16.7 Å². The smallest absolute Gasteiger partial charge is 0.313 e. The molecular formula is C17H19Cl2NO4S. The Bertz CT molecular complexity index is 834. The quantitative estimate of drug-likeness (QED) is 0.641. The third kappa shape index (κ3) is 5.67. The maximum atomic E-state index is 8.74. The molecule has 5 nitrogen and oxygen atoms in total. The molecule has 0 aromatic heterocycles. The van der Waals surface area contributed by atoms with Crippen LogP contribution in [0.5, 0.6) is 0 Å². The van der Waals surface area contributed by atoms with E-state index in [1.807, 2.05) is 19.2 Å². The van der Waals surface area contributed by atoms with Gasteiger partial charge in [-0.25, -0.2) is 0 Å². The summed E-state index contributed by atoms with van der Waals surface area (Å²) in [7, 11) is -2.64. The number of benzene rings is 2. The molecule has 2 aromatic carbocycles. The van der Waals surface area contributed by atoms with Crippen molar-refractivity contribution in [3.8, 4) is 0 Å². The summed E-state index contributed by atoms with van der Waals surface area (Å²) in [5, 5.41) is 4.66. The molecular weight excluding hydrogens is 385 g/mol. The monoisotopic (exact) mass is 403 g/mol. The van der Waals surface area contributed by atoms with Crippen LogP contribution in [0.2, 0.25) is 10.0 Å². The van der Waals surface area contributed by atoms with Gasteiger partial charge in [0.15, 0.2) is 0 Å². The predicted octanol–water partition coefficient (Wildman–Crippen LogP) is 4.53. The van der Waals surface area contributed by atoms with Crippen molar-refractivity contribution >= 4 is 33.6 Å². The summed E-state index contributed by atoms with van der Waals surface area (Å²) in [5.74, 6) is 0.408. The Hall–Kier alpha value is -1.15. The largest absolute Gasteiger partial charge is 0.394 e. The van der Waals surface area contributed by atoms with Gasteiger partial charge in [-0.2, -0.15) is 8.42 Å². The molecule has 3 rings (SSSR count). The van der Waals surface area contributed by atoms with Gasteiger partial charge in [0, 0.05) is 12.0 Å². The fraction of sp³-hybridized carbons (Fsp3) is 0.294. The second-order valence-corrected chi connectivity index (χ2v) is 7.43. The molecule has 3 N–H and O–H groups in total. The second kappa shape index (κ2) is 8.49. The van der Waals surface area contributed by atoms with Gasteiger partial charge < -0.3 is 5.32 Å². The molecule has 0 radical (unpaired) electrons. The van der Waals surface area contributed by atoms with Crippen LogP contribution in [0, 0.1) is 0 Å². The first-order chi connectivity index (χ1) is 11.7. The number of fused-ring (bicyclic) bond motifs is 1. The molecule has 0 bridgehead atoms. The van der Waals surface area contributed by atoms with Crippen LogP contribution >= 0.6 is 23.2 Å². The minimum Gasteiger partial charge on any atom is -0.313 e. The van der Waals surface area contributed by atoms with Gasteiger partial charge in [-0.3, -0.25) is 9.11 Å². The van der Waals surface area contributed by atoms with Crippen molar-refractivity contribution in [2.75, 3.05) is 7.05 Å². The standard InChI is InChI=1S/C17H17Cl2N.H2O4S/c1-20-17-9-7-12(13-4-2-3-5-14(13)17)11-6-8-15(18)16(19)10-11;1-5(2,3)4/h2-6,8,10,12,17,20H,7,9H2,1H3;(H2,1,2,3,4)/t12-,17-;/m0./s1. The molecule has 1 aliphatic rings. The van der Waals surface area contributed by atoms with E-state index in [1.54, 1.807) is 0 Å². The molecule has 2 aromatic rings. The second-order valence-electron chi connectivity index (χ2n) is 5.72. The lowest BCUT2D eigenvalue weighted by Crippen LogP contribution is -2.24. The molecule has 0 unspecified atom stereocenters. The van der Waals surface area contributed by atoms with Gasteiger partial charge in [-0.15, -0.1) is 0 Å². The van der Waals surface area contributed by atoms with Gasteiger partial charge >= 0.3 is 10.4 Å². The summed E-state index contributed by atoms with van der Waals surface area (Å²) in [5.41, 5.74) is 4.05. The van der Waals surface area contributed by atoms with Gasteiger partial charge in [0.25, 0.3) is 0 Å². The van der Waals surface area contributed by atoms with Crippen molar-refractivity contribution in [1.29, 1.82) is 0 Å². The molecule has 0 heterocycles. The molecule has 0 saturated heterocycles.